The Morgan fingerprint density at radius 2 is 2.32 bits per heavy atom. The molecule has 0 saturated heterocycles. The largest absolute Gasteiger partial charge is 0.383 e. The van der Waals surface area contributed by atoms with Gasteiger partial charge < -0.3 is 15.0 Å². The quantitative estimate of drug-likeness (QED) is 0.730. The summed E-state index contributed by atoms with van der Waals surface area (Å²) in [5.74, 6) is 1.44. The van der Waals surface area contributed by atoms with E-state index < -0.39 is 0 Å². The van der Waals surface area contributed by atoms with Crippen molar-refractivity contribution < 1.29 is 4.74 Å². The molecule has 0 aliphatic rings. The summed E-state index contributed by atoms with van der Waals surface area (Å²) < 4.78 is 5.09. The van der Waals surface area contributed by atoms with Crippen LogP contribution in [0.1, 0.15) is 19.8 Å². The van der Waals surface area contributed by atoms with Gasteiger partial charge in [0.2, 0.25) is 5.95 Å². The first kappa shape index (κ1) is 15.2. The zero-order chi connectivity index (χ0) is 13.9. The predicted octanol–water partition coefficient (Wildman–Crippen LogP) is 1.66. The van der Waals surface area contributed by atoms with E-state index in [1.54, 1.807) is 13.3 Å². The molecular formula is C13H21N5O. The minimum atomic E-state index is 0.464. The van der Waals surface area contributed by atoms with Crippen LogP contribution >= 0.6 is 0 Å². The molecule has 0 aliphatic heterocycles. The number of nitrogens with one attached hydrogen (secondary N) is 1. The zero-order valence-electron chi connectivity index (χ0n) is 11.6. The number of hydrogen-bond acceptors (Lipinski definition) is 6. The monoisotopic (exact) mass is 263 g/mol. The van der Waals surface area contributed by atoms with Crippen molar-refractivity contribution in [1.29, 1.82) is 5.26 Å². The van der Waals surface area contributed by atoms with Crippen LogP contribution in [0.25, 0.3) is 0 Å². The third-order valence-corrected chi connectivity index (χ3v) is 2.56. The van der Waals surface area contributed by atoms with Crippen molar-refractivity contribution >= 4 is 11.8 Å². The van der Waals surface area contributed by atoms with E-state index in [-0.39, 0.29) is 0 Å². The van der Waals surface area contributed by atoms with E-state index in [0.29, 0.717) is 32.1 Å². The summed E-state index contributed by atoms with van der Waals surface area (Å²) in [4.78, 5) is 10.7. The summed E-state index contributed by atoms with van der Waals surface area (Å²) >= 11 is 0. The van der Waals surface area contributed by atoms with Crippen LogP contribution in [0.4, 0.5) is 11.8 Å². The van der Waals surface area contributed by atoms with Crippen LogP contribution in [0.2, 0.25) is 0 Å². The van der Waals surface area contributed by atoms with E-state index in [9.17, 15) is 0 Å². The molecule has 6 nitrogen and oxygen atoms in total. The normalized spacial score (nSPS) is 9.95. The molecular weight excluding hydrogens is 242 g/mol. The van der Waals surface area contributed by atoms with Gasteiger partial charge in [-0.15, -0.1) is 0 Å². The van der Waals surface area contributed by atoms with Gasteiger partial charge in [0.05, 0.1) is 19.1 Å². The molecule has 0 unspecified atom stereocenters. The van der Waals surface area contributed by atoms with Gasteiger partial charge in [0.15, 0.2) is 0 Å². The lowest BCUT2D eigenvalue weighted by Crippen LogP contribution is -2.29. The van der Waals surface area contributed by atoms with Gasteiger partial charge in [-0.05, 0) is 12.5 Å². The van der Waals surface area contributed by atoms with E-state index in [1.165, 1.54) is 0 Å². The number of nitriles is 1. The van der Waals surface area contributed by atoms with E-state index in [0.717, 1.165) is 18.8 Å². The van der Waals surface area contributed by atoms with Gasteiger partial charge in [-0.1, -0.05) is 6.92 Å². The van der Waals surface area contributed by atoms with E-state index in [2.05, 4.69) is 28.3 Å². The molecule has 0 saturated carbocycles. The Bertz CT molecular complexity index is 404. The van der Waals surface area contributed by atoms with E-state index in [1.807, 2.05) is 11.0 Å². The second-order valence-corrected chi connectivity index (χ2v) is 4.05. The van der Waals surface area contributed by atoms with Gasteiger partial charge in [0.1, 0.15) is 5.82 Å². The topological polar surface area (TPSA) is 74.1 Å². The summed E-state index contributed by atoms with van der Waals surface area (Å²) in [5.41, 5.74) is 0. The molecule has 19 heavy (non-hydrogen) atoms. The highest BCUT2D eigenvalue weighted by molar-refractivity contribution is 5.42. The minimum Gasteiger partial charge on any atom is -0.383 e. The van der Waals surface area contributed by atoms with Crippen molar-refractivity contribution in [1.82, 2.24) is 9.97 Å². The molecule has 1 rings (SSSR count). The molecule has 6 heteroatoms. The van der Waals surface area contributed by atoms with Crippen LogP contribution in [0, 0.1) is 11.3 Å². The van der Waals surface area contributed by atoms with Crippen molar-refractivity contribution in [2.24, 2.45) is 0 Å². The predicted molar refractivity (Wildman–Crippen MR) is 75.1 cm³/mol. The Morgan fingerprint density at radius 3 is 3.00 bits per heavy atom. The third kappa shape index (κ3) is 5.53. The van der Waals surface area contributed by atoms with Gasteiger partial charge in [0, 0.05) is 32.9 Å². The SMILES string of the molecule is CCCNc1nccc(N(CCC#N)CCOC)n1. The first-order valence-electron chi connectivity index (χ1n) is 6.49. The van der Waals surface area contributed by atoms with Gasteiger partial charge in [0.25, 0.3) is 0 Å². The van der Waals surface area contributed by atoms with Crippen LogP contribution < -0.4 is 10.2 Å². The molecule has 0 aromatic carbocycles. The molecule has 0 amide bonds. The van der Waals surface area contributed by atoms with Gasteiger partial charge in [-0.25, -0.2) is 4.98 Å². The number of hydrogen-bond donors (Lipinski definition) is 1. The van der Waals surface area contributed by atoms with Crippen LogP contribution in [-0.4, -0.2) is 43.3 Å². The lowest BCUT2D eigenvalue weighted by Gasteiger charge is -2.22. The Kier molecular flexibility index (Phi) is 7.28. The molecule has 1 aromatic heterocycles. The summed E-state index contributed by atoms with van der Waals surface area (Å²) in [6, 6.07) is 4.00. The number of nitrogens with zero attached hydrogens (tertiary/aromatic N) is 4. The maximum atomic E-state index is 8.71. The van der Waals surface area contributed by atoms with Crippen molar-refractivity contribution in [3.05, 3.63) is 12.3 Å². The molecule has 1 N–H and O–H groups in total. The van der Waals surface area contributed by atoms with Gasteiger partial charge in [-0.3, -0.25) is 0 Å². The highest BCUT2D eigenvalue weighted by Crippen LogP contribution is 2.12. The first-order valence-corrected chi connectivity index (χ1v) is 6.49. The second kappa shape index (κ2) is 9.11. The van der Waals surface area contributed by atoms with E-state index >= 15 is 0 Å². The fraction of sp³-hybridized carbons (Fsp3) is 0.615. The summed E-state index contributed by atoms with van der Waals surface area (Å²) in [5, 5.41) is 11.9. The zero-order valence-corrected chi connectivity index (χ0v) is 11.6. The average molecular weight is 263 g/mol. The van der Waals surface area contributed by atoms with Crippen LogP contribution in [0.15, 0.2) is 12.3 Å². The minimum absolute atomic E-state index is 0.464. The van der Waals surface area contributed by atoms with Crippen molar-refractivity contribution in [3.8, 4) is 6.07 Å². The number of aromatic nitrogens is 2. The fourth-order valence-corrected chi connectivity index (χ4v) is 1.57. The van der Waals surface area contributed by atoms with Gasteiger partial charge >= 0.3 is 0 Å². The first-order chi connectivity index (χ1) is 9.31. The molecule has 0 spiro atoms. The molecule has 0 atom stereocenters. The molecule has 0 aliphatic carbocycles. The number of anilines is 2. The Labute approximate surface area is 114 Å². The van der Waals surface area contributed by atoms with Crippen LogP contribution in [-0.2, 0) is 4.74 Å². The highest BCUT2D eigenvalue weighted by Gasteiger charge is 2.08. The van der Waals surface area contributed by atoms with E-state index in [4.69, 9.17) is 10.00 Å². The maximum absolute atomic E-state index is 8.71. The Morgan fingerprint density at radius 1 is 1.47 bits per heavy atom. The molecule has 0 bridgehead atoms. The molecule has 104 valence electrons. The Hall–Kier alpha value is -1.87. The maximum Gasteiger partial charge on any atom is 0.224 e. The van der Waals surface area contributed by atoms with Crippen molar-refractivity contribution in [3.63, 3.8) is 0 Å². The molecule has 0 fully saturated rings. The highest BCUT2D eigenvalue weighted by atomic mass is 16.5. The van der Waals surface area contributed by atoms with Crippen molar-refractivity contribution in [2.75, 3.05) is 43.6 Å². The summed E-state index contributed by atoms with van der Waals surface area (Å²) in [6.45, 7) is 4.90. The smallest absolute Gasteiger partial charge is 0.224 e. The summed E-state index contributed by atoms with van der Waals surface area (Å²) in [7, 11) is 1.66. The molecule has 1 heterocycles. The third-order valence-electron chi connectivity index (χ3n) is 2.56. The van der Waals surface area contributed by atoms with Gasteiger partial charge in [-0.2, -0.15) is 10.2 Å². The lowest BCUT2D eigenvalue weighted by atomic mass is 10.4. The standard InChI is InChI=1S/C13H21N5O/c1-3-7-15-13-16-8-5-12(17-13)18(9-4-6-14)10-11-19-2/h5,8H,3-4,7,9-11H2,1-2H3,(H,15,16,17). The number of methoxy groups -OCH3 is 1. The molecule has 0 radical (unpaired) electrons. The number of rotatable bonds is 9. The molecule has 1 aromatic rings. The van der Waals surface area contributed by atoms with Crippen LogP contribution in [0.5, 0.6) is 0 Å². The van der Waals surface area contributed by atoms with Crippen molar-refractivity contribution in [2.45, 2.75) is 19.8 Å². The van der Waals surface area contributed by atoms with Crippen LogP contribution in [0.3, 0.4) is 0 Å². The summed E-state index contributed by atoms with van der Waals surface area (Å²) in [6.07, 6.45) is 3.22. The Balaban J connectivity index is 2.73. The lowest BCUT2D eigenvalue weighted by molar-refractivity contribution is 0.205. The second-order valence-electron chi connectivity index (χ2n) is 4.05. The average Bonchev–Trinajstić information content (AvgIpc) is 2.45. The fourth-order valence-electron chi connectivity index (χ4n) is 1.57. The number of ether oxygens (including phenoxy) is 1.